The second-order valence-electron chi connectivity index (χ2n) is 4.67. The fourth-order valence-corrected chi connectivity index (χ4v) is 2.54. The van der Waals surface area contributed by atoms with Gasteiger partial charge in [-0.25, -0.2) is 0 Å². The van der Waals surface area contributed by atoms with Crippen LogP contribution in [-0.4, -0.2) is 6.36 Å². The maximum atomic E-state index is 12.1. The summed E-state index contributed by atoms with van der Waals surface area (Å²) in [6.45, 7) is 0. The largest absolute Gasteiger partial charge is 0.573 e. The third-order valence-electron chi connectivity index (χ3n) is 3.34. The van der Waals surface area contributed by atoms with Gasteiger partial charge in [-0.15, -0.1) is 13.2 Å². The molecule has 0 saturated heterocycles. The minimum atomic E-state index is -4.67. The first-order valence-corrected chi connectivity index (χ1v) is 6.11. The molecule has 2 rings (SSSR count). The lowest BCUT2D eigenvalue weighted by molar-refractivity contribution is -0.274. The molecule has 2 N–H and O–H groups in total. The van der Waals surface area contributed by atoms with Crippen LogP contribution in [0, 0.1) is 0 Å². The van der Waals surface area contributed by atoms with E-state index in [9.17, 15) is 13.2 Å². The standard InChI is InChI=1S/C13H16F3NO/c14-13(15,16)18-10-6-7-11(12(17)8-10)9-4-2-1-3-5-9/h6-9H,1-5,17H2. The van der Waals surface area contributed by atoms with Crippen molar-refractivity contribution in [2.45, 2.75) is 44.4 Å². The van der Waals surface area contributed by atoms with Crippen molar-refractivity contribution in [1.29, 1.82) is 0 Å². The van der Waals surface area contributed by atoms with Gasteiger partial charge in [0, 0.05) is 11.8 Å². The average molecular weight is 259 g/mol. The average Bonchev–Trinajstić information content (AvgIpc) is 2.28. The summed E-state index contributed by atoms with van der Waals surface area (Å²) in [6.07, 6.45) is 0.994. The second-order valence-corrected chi connectivity index (χ2v) is 4.67. The Labute approximate surface area is 104 Å². The van der Waals surface area contributed by atoms with Gasteiger partial charge in [0.05, 0.1) is 0 Å². The monoisotopic (exact) mass is 259 g/mol. The third kappa shape index (κ3) is 3.31. The number of anilines is 1. The first kappa shape index (κ1) is 13.1. The summed E-state index contributed by atoms with van der Waals surface area (Å²) in [5, 5.41) is 0. The topological polar surface area (TPSA) is 35.2 Å². The van der Waals surface area contributed by atoms with E-state index in [-0.39, 0.29) is 5.75 Å². The number of alkyl halides is 3. The fraction of sp³-hybridized carbons (Fsp3) is 0.538. The van der Waals surface area contributed by atoms with Crippen molar-refractivity contribution in [3.05, 3.63) is 23.8 Å². The predicted octanol–water partition coefficient (Wildman–Crippen LogP) is 4.22. The maximum absolute atomic E-state index is 12.1. The van der Waals surface area contributed by atoms with Crippen LogP contribution in [0.25, 0.3) is 0 Å². The molecule has 2 nitrogen and oxygen atoms in total. The van der Waals surface area contributed by atoms with Crippen molar-refractivity contribution >= 4 is 5.69 Å². The van der Waals surface area contributed by atoms with Gasteiger partial charge < -0.3 is 10.5 Å². The van der Waals surface area contributed by atoms with Crippen LogP contribution in [0.2, 0.25) is 0 Å². The molecule has 0 aliphatic heterocycles. The zero-order chi connectivity index (χ0) is 13.2. The summed E-state index contributed by atoms with van der Waals surface area (Å²) in [5.74, 6) is 0.123. The van der Waals surface area contributed by atoms with Crippen molar-refractivity contribution in [3.63, 3.8) is 0 Å². The van der Waals surface area contributed by atoms with E-state index >= 15 is 0 Å². The number of halogens is 3. The Morgan fingerprint density at radius 3 is 2.33 bits per heavy atom. The Bertz CT molecular complexity index is 411. The molecule has 0 bridgehead atoms. The highest BCUT2D eigenvalue weighted by Gasteiger charge is 2.31. The van der Waals surface area contributed by atoms with Gasteiger partial charge in [0.2, 0.25) is 0 Å². The van der Waals surface area contributed by atoms with Gasteiger partial charge in [-0.05, 0) is 30.4 Å². The van der Waals surface area contributed by atoms with Gasteiger partial charge in [0.15, 0.2) is 0 Å². The van der Waals surface area contributed by atoms with Crippen LogP contribution in [0.3, 0.4) is 0 Å². The highest BCUT2D eigenvalue weighted by Crippen LogP contribution is 2.37. The van der Waals surface area contributed by atoms with Crippen LogP contribution in [-0.2, 0) is 0 Å². The highest BCUT2D eigenvalue weighted by molar-refractivity contribution is 5.53. The molecule has 0 unspecified atom stereocenters. The Morgan fingerprint density at radius 2 is 1.78 bits per heavy atom. The number of benzene rings is 1. The van der Waals surface area contributed by atoms with Crippen LogP contribution in [0.4, 0.5) is 18.9 Å². The normalized spacial score (nSPS) is 17.7. The van der Waals surface area contributed by atoms with E-state index in [0.29, 0.717) is 11.6 Å². The molecule has 1 saturated carbocycles. The van der Waals surface area contributed by atoms with Crippen LogP contribution in [0.15, 0.2) is 18.2 Å². The fourth-order valence-electron chi connectivity index (χ4n) is 2.54. The van der Waals surface area contributed by atoms with Crippen LogP contribution in [0.1, 0.15) is 43.6 Å². The molecule has 0 atom stereocenters. The molecule has 100 valence electrons. The van der Waals surface area contributed by atoms with Gasteiger partial charge in [0.1, 0.15) is 5.75 Å². The Balaban J connectivity index is 2.14. The van der Waals surface area contributed by atoms with E-state index in [2.05, 4.69) is 4.74 Å². The predicted molar refractivity (Wildman–Crippen MR) is 63.4 cm³/mol. The summed E-state index contributed by atoms with van der Waals surface area (Å²) in [5.41, 5.74) is 7.16. The van der Waals surface area contributed by atoms with E-state index < -0.39 is 6.36 Å². The smallest absolute Gasteiger partial charge is 0.406 e. The van der Waals surface area contributed by atoms with E-state index in [1.54, 1.807) is 6.07 Å². The van der Waals surface area contributed by atoms with Crippen molar-refractivity contribution in [2.75, 3.05) is 5.73 Å². The molecule has 0 amide bonds. The van der Waals surface area contributed by atoms with Crippen molar-refractivity contribution in [1.82, 2.24) is 0 Å². The van der Waals surface area contributed by atoms with E-state index in [1.807, 2.05) is 0 Å². The number of rotatable bonds is 2. The molecule has 1 fully saturated rings. The highest BCUT2D eigenvalue weighted by atomic mass is 19.4. The maximum Gasteiger partial charge on any atom is 0.573 e. The molecular formula is C13H16F3NO. The van der Waals surface area contributed by atoms with Crippen molar-refractivity contribution in [3.8, 4) is 5.75 Å². The summed E-state index contributed by atoms with van der Waals surface area (Å²) < 4.78 is 40.0. The third-order valence-corrected chi connectivity index (χ3v) is 3.34. The number of ether oxygens (including phenoxy) is 1. The molecule has 5 heteroatoms. The molecule has 1 aliphatic carbocycles. The number of hydrogen-bond acceptors (Lipinski definition) is 2. The summed E-state index contributed by atoms with van der Waals surface area (Å²) in [4.78, 5) is 0. The number of hydrogen-bond donors (Lipinski definition) is 1. The zero-order valence-corrected chi connectivity index (χ0v) is 9.96. The van der Waals surface area contributed by atoms with Crippen molar-refractivity contribution in [2.24, 2.45) is 0 Å². The molecule has 0 spiro atoms. The number of nitrogen functional groups attached to an aromatic ring is 1. The van der Waals surface area contributed by atoms with Gasteiger partial charge >= 0.3 is 6.36 Å². The SMILES string of the molecule is Nc1cc(OC(F)(F)F)ccc1C1CCCCC1. The first-order valence-electron chi connectivity index (χ1n) is 6.11. The minimum Gasteiger partial charge on any atom is -0.406 e. The lowest BCUT2D eigenvalue weighted by Crippen LogP contribution is -2.17. The van der Waals surface area contributed by atoms with Crippen LogP contribution >= 0.6 is 0 Å². The van der Waals surface area contributed by atoms with E-state index in [0.717, 1.165) is 31.2 Å². The summed E-state index contributed by atoms with van der Waals surface area (Å²) >= 11 is 0. The summed E-state index contributed by atoms with van der Waals surface area (Å²) in [6, 6.07) is 4.26. The van der Waals surface area contributed by atoms with Crippen molar-refractivity contribution < 1.29 is 17.9 Å². The van der Waals surface area contributed by atoms with Gasteiger partial charge in [-0.1, -0.05) is 25.3 Å². The molecule has 0 radical (unpaired) electrons. The molecule has 0 heterocycles. The quantitative estimate of drug-likeness (QED) is 0.807. The van der Waals surface area contributed by atoms with Gasteiger partial charge in [0.25, 0.3) is 0 Å². The molecule has 18 heavy (non-hydrogen) atoms. The van der Waals surface area contributed by atoms with Crippen LogP contribution < -0.4 is 10.5 Å². The van der Waals surface area contributed by atoms with E-state index in [4.69, 9.17) is 5.73 Å². The Morgan fingerprint density at radius 1 is 1.11 bits per heavy atom. The summed E-state index contributed by atoms with van der Waals surface area (Å²) in [7, 11) is 0. The Kier molecular flexibility index (Phi) is 3.68. The first-order chi connectivity index (χ1) is 8.46. The van der Waals surface area contributed by atoms with Gasteiger partial charge in [-0.2, -0.15) is 0 Å². The zero-order valence-electron chi connectivity index (χ0n) is 9.96. The second kappa shape index (κ2) is 5.08. The molecule has 0 aromatic heterocycles. The van der Waals surface area contributed by atoms with Crippen LogP contribution in [0.5, 0.6) is 5.75 Å². The van der Waals surface area contributed by atoms with E-state index in [1.165, 1.54) is 18.6 Å². The number of nitrogens with two attached hydrogens (primary N) is 1. The van der Waals surface area contributed by atoms with Gasteiger partial charge in [-0.3, -0.25) is 0 Å². The Hall–Kier alpha value is -1.39. The minimum absolute atomic E-state index is 0.250. The molecule has 1 aromatic carbocycles. The molecular weight excluding hydrogens is 243 g/mol. The molecule has 1 aromatic rings. The lowest BCUT2D eigenvalue weighted by atomic mass is 9.83. The lowest BCUT2D eigenvalue weighted by Gasteiger charge is -2.23. The molecule has 1 aliphatic rings.